The van der Waals surface area contributed by atoms with Gasteiger partial charge in [0, 0.05) is 59.9 Å². The standard InChI is InChI=1S/C52H32N2S4/c1-5-13-33(14-6-1)49-37-21-22-38(53-37)50(34-15-7-2-8-16-34)46-31-27-43(57-46)44-28-32-48(58-44)52(36-19-11-4-12-20-36)40-24-23-39(54-40)51(35-17-9-3-10-18-35)47-30-26-42(56-47)41-25-29-45(49)55-41/h1-32H. The molecule has 0 radical (unpaired) electrons. The predicted molar refractivity (Wildman–Crippen MR) is 256 cm³/mol. The molecule has 0 aliphatic carbocycles. The minimum atomic E-state index is 0.971. The molecule has 0 N–H and O–H groups in total. The molecule has 7 heterocycles. The van der Waals surface area contributed by atoms with E-state index in [-0.39, 0.29) is 0 Å². The Hall–Kier alpha value is -6.28. The molecule has 2 aliphatic heterocycles. The molecule has 6 heteroatoms. The summed E-state index contributed by atoms with van der Waals surface area (Å²) in [7, 11) is 0. The normalized spacial score (nSPS) is 12.0. The fourth-order valence-corrected chi connectivity index (χ4v) is 12.3. The Bertz CT molecular complexity index is 2870. The molecule has 2 aliphatic rings. The van der Waals surface area contributed by atoms with Crippen molar-refractivity contribution < 1.29 is 0 Å². The summed E-state index contributed by atoms with van der Waals surface area (Å²) in [6.45, 7) is 0. The summed E-state index contributed by atoms with van der Waals surface area (Å²) in [4.78, 5) is 10.9. The molecule has 4 aromatic carbocycles. The Morgan fingerprint density at radius 1 is 0.224 bits per heavy atom. The number of aromatic nitrogens is 2. The van der Waals surface area contributed by atoms with Crippen molar-refractivity contribution in [1.29, 1.82) is 0 Å². The lowest BCUT2D eigenvalue weighted by Gasteiger charge is -2.04. The number of hydrogen-bond donors (Lipinski definition) is 0. The molecule has 274 valence electrons. The van der Waals surface area contributed by atoms with Gasteiger partial charge < -0.3 is 0 Å². The maximum atomic E-state index is 5.46. The van der Waals surface area contributed by atoms with Crippen molar-refractivity contribution in [3.8, 4) is 44.5 Å². The van der Waals surface area contributed by atoms with Crippen LogP contribution >= 0.6 is 45.3 Å². The Morgan fingerprint density at radius 3 is 0.655 bits per heavy atom. The van der Waals surface area contributed by atoms with E-state index in [1.807, 2.05) is 45.3 Å². The lowest BCUT2D eigenvalue weighted by atomic mass is 10.0. The Balaban J connectivity index is 1.29. The third-order valence-electron chi connectivity index (χ3n) is 10.4. The average Bonchev–Trinajstić information content (AvgIpc) is 4.13. The summed E-state index contributed by atoms with van der Waals surface area (Å²) in [5, 5.41) is 0. The fourth-order valence-electron chi connectivity index (χ4n) is 7.78. The maximum Gasteiger partial charge on any atom is 0.0730 e. The van der Waals surface area contributed by atoms with E-state index in [1.165, 1.54) is 37.6 Å². The summed E-state index contributed by atoms with van der Waals surface area (Å²) in [5.41, 5.74) is 13.1. The molecule has 58 heavy (non-hydrogen) atoms. The average molecular weight is 813 g/mol. The minimum absolute atomic E-state index is 0.971. The van der Waals surface area contributed by atoms with Crippen LogP contribution < -0.4 is 0 Å². The molecular weight excluding hydrogens is 781 g/mol. The molecular formula is C52H32N2S4. The van der Waals surface area contributed by atoms with Crippen LogP contribution in [0.4, 0.5) is 0 Å². The number of thiophene rings is 4. The molecule has 0 atom stereocenters. The van der Waals surface area contributed by atoms with Crippen molar-refractivity contribution in [2.45, 2.75) is 0 Å². The second-order valence-electron chi connectivity index (χ2n) is 14.1. The molecule has 0 fully saturated rings. The van der Waals surface area contributed by atoms with Gasteiger partial charge >= 0.3 is 0 Å². The molecule has 0 amide bonds. The zero-order valence-corrected chi connectivity index (χ0v) is 34.3. The van der Waals surface area contributed by atoms with Gasteiger partial charge in [-0.1, -0.05) is 121 Å². The third-order valence-corrected chi connectivity index (χ3v) is 15.3. The second kappa shape index (κ2) is 14.9. The first-order valence-corrected chi connectivity index (χ1v) is 22.4. The fraction of sp³-hybridized carbons (Fsp3) is 0. The second-order valence-corrected chi connectivity index (χ2v) is 18.4. The number of hydrogen-bond acceptors (Lipinski definition) is 6. The van der Waals surface area contributed by atoms with Crippen molar-refractivity contribution in [3.05, 3.63) is 193 Å². The van der Waals surface area contributed by atoms with Gasteiger partial charge in [0.2, 0.25) is 0 Å². The van der Waals surface area contributed by atoms with E-state index in [1.54, 1.807) is 0 Å². The molecule has 12 bridgehead atoms. The zero-order chi connectivity index (χ0) is 38.4. The van der Waals surface area contributed by atoms with Crippen molar-refractivity contribution in [2.75, 3.05) is 0 Å². The van der Waals surface area contributed by atoms with E-state index < -0.39 is 0 Å². The lowest BCUT2D eigenvalue weighted by molar-refractivity contribution is 1.33. The van der Waals surface area contributed by atoms with Gasteiger partial charge in [-0.05, 0) is 95.1 Å². The smallest absolute Gasteiger partial charge is 0.0730 e. The summed E-state index contributed by atoms with van der Waals surface area (Å²) < 4.78 is 9.68. The number of fused-ring (bicyclic) bond motifs is 14. The first-order valence-electron chi connectivity index (χ1n) is 19.1. The minimum Gasteiger partial charge on any atom is -0.248 e. The van der Waals surface area contributed by atoms with Gasteiger partial charge in [0.1, 0.15) is 0 Å². The Labute approximate surface area is 352 Å². The largest absolute Gasteiger partial charge is 0.248 e. The monoisotopic (exact) mass is 812 g/mol. The van der Waals surface area contributed by atoms with Crippen LogP contribution in [0.1, 0.15) is 22.8 Å². The van der Waals surface area contributed by atoms with Crippen LogP contribution in [-0.4, -0.2) is 9.97 Å². The SMILES string of the molecule is C1=Cc2nc1c(-c1ccccc1)c1ccc(s1)c1ccc(s1)c(-c1ccccc1)c1nc(c(-c3ccccc3)c3ccc(s3)c3ccc(s3)c2-c2ccccc2)C=C1. The summed E-state index contributed by atoms with van der Waals surface area (Å²) in [6.07, 6.45) is 8.78. The van der Waals surface area contributed by atoms with Crippen LogP contribution in [0.25, 0.3) is 106 Å². The van der Waals surface area contributed by atoms with Crippen LogP contribution in [0.5, 0.6) is 0 Å². The van der Waals surface area contributed by atoms with Gasteiger partial charge in [0.25, 0.3) is 0 Å². The first kappa shape index (κ1) is 34.9. The Morgan fingerprint density at radius 2 is 0.431 bits per heavy atom. The number of nitrogens with zero attached hydrogens (tertiary/aromatic N) is 2. The van der Waals surface area contributed by atoms with Crippen LogP contribution in [0.3, 0.4) is 0 Å². The van der Waals surface area contributed by atoms with Gasteiger partial charge in [-0.3, -0.25) is 0 Å². The van der Waals surface area contributed by atoms with Crippen molar-refractivity contribution in [2.24, 2.45) is 0 Å². The molecule has 11 rings (SSSR count). The van der Waals surface area contributed by atoms with Crippen molar-refractivity contribution >= 4 is 107 Å². The zero-order valence-electron chi connectivity index (χ0n) is 31.0. The highest BCUT2D eigenvalue weighted by molar-refractivity contribution is 7.31. The molecule has 2 nitrogen and oxygen atoms in total. The highest BCUT2D eigenvalue weighted by Gasteiger charge is 2.18. The van der Waals surface area contributed by atoms with Crippen LogP contribution in [-0.2, 0) is 0 Å². The first-order chi connectivity index (χ1) is 28.7. The molecule has 5 aromatic heterocycles. The highest BCUT2D eigenvalue weighted by Crippen LogP contribution is 2.43. The topological polar surface area (TPSA) is 25.8 Å². The molecule has 0 spiro atoms. The van der Waals surface area contributed by atoms with E-state index >= 15 is 0 Å². The van der Waals surface area contributed by atoms with Crippen molar-refractivity contribution in [1.82, 2.24) is 9.97 Å². The summed E-state index contributed by atoms with van der Waals surface area (Å²) >= 11 is 7.29. The highest BCUT2D eigenvalue weighted by atomic mass is 32.1. The predicted octanol–water partition coefficient (Wildman–Crippen LogP) is 16.3. The maximum absolute atomic E-state index is 5.46. The van der Waals surface area contributed by atoms with Gasteiger partial charge in [-0.25, -0.2) is 9.97 Å². The molecule has 0 unspecified atom stereocenters. The van der Waals surface area contributed by atoms with Gasteiger partial charge in [0.05, 0.1) is 22.8 Å². The van der Waals surface area contributed by atoms with Crippen molar-refractivity contribution in [3.63, 3.8) is 0 Å². The summed E-state index contributed by atoms with van der Waals surface area (Å²) in [5.74, 6) is 0. The molecule has 9 aromatic rings. The third kappa shape index (κ3) is 6.41. The van der Waals surface area contributed by atoms with Crippen LogP contribution in [0.15, 0.2) is 170 Å². The Kier molecular flexibility index (Phi) is 8.98. The van der Waals surface area contributed by atoms with Crippen LogP contribution in [0, 0.1) is 0 Å². The van der Waals surface area contributed by atoms with E-state index in [0.717, 1.165) is 67.3 Å². The number of benzene rings is 4. The molecule has 0 saturated heterocycles. The van der Waals surface area contributed by atoms with E-state index in [0.29, 0.717) is 0 Å². The number of rotatable bonds is 4. The van der Waals surface area contributed by atoms with E-state index in [2.05, 4.69) is 194 Å². The van der Waals surface area contributed by atoms with Gasteiger partial charge in [-0.15, -0.1) is 45.3 Å². The van der Waals surface area contributed by atoms with Gasteiger partial charge in [0.15, 0.2) is 0 Å². The molecule has 0 saturated carbocycles. The quantitative estimate of drug-likeness (QED) is 0.177. The lowest BCUT2D eigenvalue weighted by Crippen LogP contribution is -1.85. The van der Waals surface area contributed by atoms with E-state index in [4.69, 9.17) is 9.97 Å². The van der Waals surface area contributed by atoms with Gasteiger partial charge in [-0.2, -0.15) is 0 Å². The van der Waals surface area contributed by atoms with Crippen LogP contribution in [0.2, 0.25) is 0 Å². The summed E-state index contributed by atoms with van der Waals surface area (Å²) in [6, 6.07) is 60.9. The van der Waals surface area contributed by atoms with E-state index in [9.17, 15) is 0 Å².